The fraction of sp³-hybridized carbons (Fsp3) is 0.333. The van der Waals surface area contributed by atoms with Crippen molar-refractivity contribution in [3.05, 3.63) is 53.4 Å². The van der Waals surface area contributed by atoms with Crippen LogP contribution in [0.4, 0.5) is 16.0 Å². The summed E-state index contributed by atoms with van der Waals surface area (Å²) in [6, 6.07) is 5.48. The zero-order chi connectivity index (χ0) is 21.3. The fourth-order valence-corrected chi connectivity index (χ4v) is 3.24. The number of hydrogen-bond acceptors (Lipinski definition) is 5. The van der Waals surface area contributed by atoms with Crippen LogP contribution in [0.3, 0.4) is 0 Å². The molecule has 0 aliphatic carbocycles. The number of benzene rings is 1. The van der Waals surface area contributed by atoms with Crippen molar-refractivity contribution in [1.29, 1.82) is 0 Å². The highest BCUT2D eigenvalue weighted by Crippen LogP contribution is 2.27. The molecular weight excluding hydrogens is 371 g/mol. The number of aromatic nitrogens is 4. The van der Waals surface area contributed by atoms with Crippen molar-refractivity contribution in [2.24, 2.45) is 0 Å². The van der Waals surface area contributed by atoms with E-state index in [2.05, 4.69) is 20.3 Å². The summed E-state index contributed by atoms with van der Waals surface area (Å²) in [6.07, 6.45) is 2.77. The molecule has 0 atom stereocenters. The van der Waals surface area contributed by atoms with Gasteiger partial charge in [-0.15, -0.1) is 0 Å². The Hall–Kier alpha value is -3.29. The average molecular weight is 396 g/mol. The number of anilines is 2. The van der Waals surface area contributed by atoms with Crippen LogP contribution in [0.25, 0.3) is 11.4 Å². The van der Waals surface area contributed by atoms with E-state index in [0.717, 1.165) is 17.6 Å². The molecular formula is C21H25FN6O. The van der Waals surface area contributed by atoms with Crippen molar-refractivity contribution < 1.29 is 9.18 Å². The number of imidazole rings is 1. The van der Waals surface area contributed by atoms with E-state index < -0.39 is 5.82 Å². The molecule has 0 radical (unpaired) electrons. The van der Waals surface area contributed by atoms with Gasteiger partial charge in [0.15, 0.2) is 5.82 Å². The van der Waals surface area contributed by atoms with Gasteiger partial charge in [0.25, 0.3) is 5.91 Å². The van der Waals surface area contributed by atoms with E-state index in [4.69, 9.17) is 0 Å². The molecule has 29 heavy (non-hydrogen) atoms. The second-order valence-corrected chi connectivity index (χ2v) is 7.40. The number of carbonyl (C=O) groups is 1. The lowest BCUT2D eigenvalue weighted by Gasteiger charge is -2.15. The van der Waals surface area contributed by atoms with Gasteiger partial charge in [0.05, 0.1) is 18.1 Å². The Morgan fingerprint density at radius 3 is 2.52 bits per heavy atom. The lowest BCUT2D eigenvalue weighted by molar-refractivity contribution is 0.0827. The van der Waals surface area contributed by atoms with Gasteiger partial charge in [-0.1, -0.05) is 0 Å². The van der Waals surface area contributed by atoms with E-state index in [9.17, 15) is 9.18 Å². The molecule has 3 aromatic rings. The fourth-order valence-electron chi connectivity index (χ4n) is 3.24. The molecule has 1 amide bonds. The van der Waals surface area contributed by atoms with Crippen LogP contribution in [0.1, 0.15) is 41.6 Å². The van der Waals surface area contributed by atoms with Gasteiger partial charge in [-0.3, -0.25) is 4.79 Å². The van der Waals surface area contributed by atoms with Crippen LogP contribution in [0.5, 0.6) is 0 Å². The topological polar surface area (TPSA) is 75.9 Å². The zero-order valence-corrected chi connectivity index (χ0v) is 17.5. The first kappa shape index (κ1) is 20.4. The Morgan fingerprint density at radius 1 is 1.17 bits per heavy atom. The van der Waals surface area contributed by atoms with Crippen LogP contribution in [-0.2, 0) is 0 Å². The largest absolute Gasteiger partial charge is 0.345 e. The maximum absolute atomic E-state index is 14.5. The highest BCUT2D eigenvalue weighted by molar-refractivity contribution is 5.95. The van der Waals surface area contributed by atoms with E-state index in [0.29, 0.717) is 16.9 Å². The minimum atomic E-state index is -0.513. The van der Waals surface area contributed by atoms with Crippen LogP contribution in [0.2, 0.25) is 0 Å². The third-order valence-electron chi connectivity index (χ3n) is 4.60. The average Bonchev–Trinajstić information content (AvgIpc) is 3.04. The molecule has 2 aromatic heterocycles. The molecule has 0 aliphatic heterocycles. The summed E-state index contributed by atoms with van der Waals surface area (Å²) in [5.41, 5.74) is 2.95. The monoisotopic (exact) mass is 396 g/mol. The Morgan fingerprint density at radius 2 is 1.90 bits per heavy atom. The van der Waals surface area contributed by atoms with E-state index in [1.54, 1.807) is 32.4 Å². The minimum absolute atomic E-state index is 0.0633. The van der Waals surface area contributed by atoms with Crippen molar-refractivity contribution in [2.45, 2.75) is 33.7 Å². The van der Waals surface area contributed by atoms with Gasteiger partial charge in [0, 0.05) is 31.4 Å². The number of nitrogens with zero attached hydrogens (tertiary/aromatic N) is 5. The molecule has 0 unspecified atom stereocenters. The van der Waals surface area contributed by atoms with E-state index in [1.165, 1.54) is 4.90 Å². The molecule has 0 fully saturated rings. The molecule has 0 saturated carbocycles. The number of hydrogen-bond donors (Lipinski definition) is 1. The third-order valence-corrected chi connectivity index (χ3v) is 4.60. The molecule has 152 valence electrons. The van der Waals surface area contributed by atoms with Crippen LogP contribution in [0, 0.1) is 19.7 Å². The van der Waals surface area contributed by atoms with Crippen LogP contribution in [-0.4, -0.2) is 44.4 Å². The number of halogens is 1. The molecule has 8 heteroatoms. The predicted molar refractivity (Wildman–Crippen MR) is 111 cm³/mol. The molecule has 2 heterocycles. The van der Waals surface area contributed by atoms with Crippen molar-refractivity contribution in [2.75, 3.05) is 19.4 Å². The standard InChI is InChI=1S/C21H25FN6O/c1-12(2)28-14(4)23-11-18(28)19-17(22)10-24-21(26-19)25-15-7-8-16(13(3)9-15)20(29)27(5)6/h7-12H,1-6H3,(H,24,25,26). The van der Waals surface area contributed by atoms with Gasteiger partial charge in [0.1, 0.15) is 11.5 Å². The first-order chi connectivity index (χ1) is 13.7. The second-order valence-electron chi connectivity index (χ2n) is 7.40. The van der Waals surface area contributed by atoms with Gasteiger partial charge < -0.3 is 14.8 Å². The van der Waals surface area contributed by atoms with Crippen LogP contribution in [0.15, 0.2) is 30.6 Å². The summed E-state index contributed by atoms with van der Waals surface area (Å²) in [5.74, 6) is 0.480. The minimum Gasteiger partial charge on any atom is -0.345 e. The van der Waals surface area contributed by atoms with Crippen LogP contribution >= 0.6 is 0 Å². The van der Waals surface area contributed by atoms with Gasteiger partial charge in [0.2, 0.25) is 5.95 Å². The quantitative estimate of drug-likeness (QED) is 0.702. The third kappa shape index (κ3) is 4.11. The number of carbonyl (C=O) groups excluding carboxylic acids is 1. The summed E-state index contributed by atoms with van der Waals surface area (Å²) in [4.78, 5) is 26.5. The Kier molecular flexibility index (Phi) is 5.63. The Bertz CT molecular complexity index is 1060. The maximum atomic E-state index is 14.5. The smallest absolute Gasteiger partial charge is 0.253 e. The molecule has 0 aliphatic rings. The summed E-state index contributed by atoms with van der Waals surface area (Å²) in [5, 5.41) is 3.09. The second kappa shape index (κ2) is 7.98. The van der Waals surface area contributed by atoms with Gasteiger partial charge >= 0.3 is 0 Å². The number of amides is 1. The molecule has 7 nitrogen and oxygen atoms in total. The summed E-state index contributed by atoms with van der Waals surface area (Å²) in [6.45, 7) is 7.76. The van der Waals surface area contributed by atoms with Crippen molar-refractivity contribution in [3.63, 3.8) is 0 Å². The van der Waals surface area contributed by atoms with Crippen LogP contribution < -0.4 is 5.32 Å². The predicted octanol–water partition coefficient (Wildman–Crippen LogP) is 4.12. The molecule has 3 rings (SSSR count). The summed E-state index contributed by atoms with van der Waals surface area (Å²) < 4.78 is 16.4. The maximum Gasteiger partial charge on any atom is 0.253 e. The molecule has 0 bridgehead atoms. The van der Waals surface area contributed by atoms with E-state index in [1.807, 2.05) is 38.3 Å². The lowest BCUT2D eigenvalue weighted by Crippen LogP contribution is -2.22. The summed E-state index contributed by atoms with van der Waals surface area (Å²) >= 11 is 0. The SMILES string of the molecule is Cc1cc(Nc2ncc(F)c(-c3cnc(C)n3C(C)C)n2)ccc1C(=O)N(C)C. The Labute approximate surface area is 169 Å². The van der Waals surface area contributed by atoms with Crippen molar-refractivity contribution in [1.82, 2.24) is 24.4 Å². The Balaban J connectivity index is 1.94. The van der Waals surface area contributed by atoms with Crippen molar-refractivity contribution in [3.8, 4) is 11.4 Å². The lowest BCUT2D eigenvalue weighted by atomic mass is 10.1. The highest BCUT2D eigenvalue weighted by Gasteiger charge is 2.18. The first-order valence-corrected chi connectivity index (χ1v) is 9.35. The normalized spacial score (nSPS) is 11.0. The molecule has 0 saturated heterocycles. The van der Waals surface area contributed by atoms with Gasteiger partial charge in [-0.25, -0.2) is 19.3 Å². The first-order valence-electron chi connectivity index (χ1n) is 9.35. The van der Waals surface area contributed by atoms with Gasteiger partial charge in [-0.2, -0.15) is 0 Å². The van der Waals surface area contributed by atoms with E-state index >= 15 is 0 Å². The van der Waals surface area contributed by atoms with Gasteiger partial charge in [-0.05, 0) is 51.5 Å². The van der Waals surface area contributed by atoms with E-state index in [-0.39, 0.29) is 23.6 Å². The summed E-state index contributed by atoms with van der Waals surface area (Å²) in [7, 11) is 3.43. The molecule has 1 aromatic carbocycles. The van der Waals surface area contributed by atoms with Crippen molar-refractivity contribution >= 4 is 17.5 Å². The number of aryl methyl sites for hydroxylation is 2. The zero-order valence-electron chi connectivity index (χ0n) is 17.5. The molecule has 0 spiro atoms. The number of rotatable bonds is 5. The number of nitrogens with one attached hydrogen (secondary N) is 1. The highest BCUT2D eigenvalue weighted by atomic mass is 19.1. The molecule has 1 N–H and O–H groups in total.